The van der Waals surface area contributed by atoms with E-state index >= 15 is 0 Å². The summed E-state index contributed by atoms with van der Waals surface area (Å²) in [5.74, 6) is 0.536. The van der Waals surface area contributed by atoms with Crippen LogP contribution in [0.4, 0.5) is 4.39 Å². The minimum absolute atomic E-state index is 0.159. The highest BCUT2D eigenvalue weighted by molar-refractivity contribution is 5.23. The summed E-state index contributed by atoms with van der Waals surface area (Å²) < 4.78 is 13.0. The Bertz CT molecular complexity index is 546. The molecule has 0 aliphatic heterocycles. The van der Waals surface area contributed by atoms with Gasteiger partial charge in [0.1, 0.15) is 5.82 Å². The molecule has 0 radical (unpaired) electrons. The Morgan fingerprint density at radius 2 is 1.67 bits per heavy atom. The standard InChI is InChI=1S/C19H24FN/c1-15(2)12-17-6-8-18(9-7-17)14-21-11-10-16-4-3-5-19(20)13-16/h3-9,13,15,21H,10-12,14H2,1-2H3. The maximum absolute atomic E-state index is 13.0. The van der Waals surface area contributed by atoms with Crippen molar-refractivity contribution in [3.63, 3.8) is 0 Å². The van der Waals surface area contributed by atoms with Crippen LogP contribution in [0.3, 0.4) is 0 Å². The van der Waals surface area contributed by atoms with Crippen LogP contribution in [0.25, 0.3) is 0 Å². The van der Waals surface area contributed by atoms with E-state index in [-0.39, 0.29) is 5.82 Å². The molecule has 0 aromatic heterocycles. The predicted octanol–water partition coefficient (Wildman–Crippen LogP) is 4.36. The third-order valence-electron chi connectivity index (χ3n) is 3.48. The molecule has 2 rings (SSSR count). The molecule has 0 bridgehead atoms. The molecule has 112 valence electrons. The number of halogens is 1. The van der Waals surface area contributed by atoms with Crippen LogP contribution >= 0.6 is 0 Å². The van der Waals surface area contributed by atoms with Gasteiger partial charge in [0.25, 0.3) is 0 Å². The van der Waals surface area contributed by atoms with Crippen molar-refractivity contribution in [1.82, 2.24) is 5.32 Å². The Morgan fingerprint density at radius 3 is 2.33 bits per heavy atom. The summed E-state index contributed by atoms with van der Waals surface area (Å²) in [6, 6.07) is 15.6. The molecule has 21 heavy (non-hydrogen) atoms. The van der Waals surface area contributed by atoms with Crippen LogP contribution in [-0.4, -0.2) is 6.54 Å². The molecule has 0 atom stereocenters. The van der Waals surface area contributed by atoms with E-state index in [2.05, 4.69) is 43.4 Å². The van der Waals surface area contributed by atoms with Crippen molar-refractivity contribution in [1.29, 1.82) is 0 Å². The first-order valence-corrected chi connectivity index (χ1v) is 7.66. The highest BCUT2D eigenvalue weighted by atomic mass is 19.1. The van der Waals surface area contributed by atoms with Crippen LogP contribution in [0.2, 0.25) is 0 Å². The van der Waals surface area contributed by atoms with E-state index in [9.17, 15) is 4.39 Å². The second-order valence-electron chi connectivity index (χ2n) is 5.97. The Morgan fingerprint density at radius 1 is 0.952 bits per heavy atom. The maximum Gasteiger partial charge on any atom is 0.123 e. The minimum Gasteiger partial charge on any atom is -0.312 e. The lowest BCUT2D eigenvalue weighted by molar-refractivity contribution is 0.622. The lowest BCUT2D eigenvalue weighted by atomic mass is 10.0. The summed E-state index contributed by atoms with van der Waals surface area (Å²) in [5.41, 5.74) is 3.73. The fourth-order valence-electron chi connectivity index (χ4n) is 2.42. The Labute approximate surface area is 127 Å². The Hall–Kier alpha value is -1.67. The SMILES string of the molecule is CC(C)Cc1ccc(CNCCc2cccc(F)c2)cc1. The van der Waals surface area contributed by atoms with Gasteiger partial charge in [-0.3, -0.25) is 0 Å². The first-order chi connectivity index (χ1) is 10.1. The fraction of sp³-hybridized carbons (Fsp3) is 0.368. The van der Waals surface area contributed by atoms with Crippen molar-refractivity contribution in [2.45, 2.75) is 33.2 Å². The second-order valence-corrected chi connectivity index (χ2v) is 5.97. The molecule has 0 saturated carbocycles. The molecule has 1 N–H and O–H groups in total. The average Bonchev–Trinajstić information content (AvgIpc) is 2.45. The molecule has 2 heteroatoms. The predicted molar refractivity (Wildman–Crippen MR) is 86.8 cm³/mol. The van der Waals surface area contributed by atoms with Crippen molar-refractivity contribution in [2.24, 2.45) is 5.92 Å². The monoisotopic (exact) mass is 285 g/mol. The van der Waals surface area contributed by atoms with Crippen LogP contribution in [-0.2, 0) is 19.4 Å². The van der Waals surface area contributed by atoms with Gasteiger partial charge in [-0.1, -0.05) is 50.2 Å². The van der Waals surface area contributed by atoms with Gasteiger partial charge in [0, 0.05) is 6.54 Å². The number of benzene rings is 2. The largest absolute Gasteiger partial charge is 0.312 e. The van der Waals surface area contributed by atoms with E-state index in [4.69, 9.17) is 0 Å². The van der Waals surface area contributed by atoms with E-state index in [0.29, 0.717) is 5.92 Å². The van der Waals surface area contributed by atoms with Crippen LogP contribution < -0.4 is 5.32 Å². The highest BCUT2D eigenvalue weighted by Crippen LogP contribution is 2.10. The molecule has 0 spiro atoms. The summed E-state index contributed by atoms with van der Waals surface area (Å²) in [6.45, 7) is 6.19. The molecule has 2 aromatic rings. The summed E-state index contributed by atoms with van der Waals surface area (Å²) in [4.78, 5) is 0. The highest BCUT2D eigenvalue weighted by Gasteiger charge is 1.99. The molecule has 0 heterocycles. The van der Waals surface area contributed by atoms with E-state index in [1.165, 1.54) is 17.2 Å². The lowest BCUT2D eigenvalue weighted by Crippen LogP contribution is -2.16. The molecule has 0 fully saturated rings. The normalized spacial score (nSPS) is 11.0. The van der Waals surface area contributed by atoms with Gasteiger partial charge in [0.05, 0.1) is 0 Å². The zero-order chi connectivity index (χ0) is 15.1. The second kappa shape index (κ2) is 7.94. The Balaban J connectivity index is 1.73. The number of rotatable bonds is 7. The van der Waals surface area contributed by atoms with Gasteiger partial charge >= 0.3 is 0 Å². The quantitative estimate of drug-likeness (QED) is 0.745. The lowest BCUT2D eigenvalue weighted by Gasteiger charge is -2.08. The molecular formula is C19H24FN. The molecular weight excluding hydrogens is 261 g/mol. The topological polar surface area (TPSA) is 12.0 Å². The number of nitrogens with one attached hydrogen (secondary N) is 1. The van der Waals surface area contributed by atoms with Gasteiger partial charge in [-0.25, -0.2) is 4.39 Å². The zero-order valence-electron chi connectivity index (χ0n) is 12.9. The van der Waals surface area contributed by atoms with E-state index in [1.807, 2.05) is 6.07 Å². The number of hydrogen-bond donors (Lipinski definition) is 1. The molecule has 1 nitrogen and oxygen atoms in total. The van der Waals surface area contributed by atoms with Crippen LogP contribution in [0.5, 0.6) is 0 Å². The van der Waals surface area contributed by atoms with Gasteiger partial charge in [0.15, 0.2) is 0 Å². The molecule has 0 aliphatic carbocycles. The van der Waals surface area contributed by atoms with Crippen LogP contribution in [0, 0.1) is 11.7 Å². The average molecular weight is 285 g/mol. The van der Waals surface area contributed by atoms with E-state index < -0.39 is 0 Å². The van der Waals surface area contributed by atoms with Crippen molar-refractivity contribution in [3.8, 4) is 0 Å². The van der Waals surface area contributed by atoms with Crippen LogP contribution in [0.1, 0.15) is 30.5 Å². The van der Waals surface area contributed by atoms with Gasteiger partial charge < -0.3 is 5.32 Å². The van der Waals surface area contributed by atoms with Gasteiger partial charge in [-0.2, -0.15) is 0 Å². The minimum atomic E-state index is -0.159. The van der Waals surface area contributed by atoms with E-state index in [1.54, 1.807) is 12.1 Å². The maximum atomic E-state index is 13.0. The summed E-state index contributed by atoms with van der Waals surface area (Å²) in [6.07, 6.45) is 1.98. The fourth-order valence-corrected chi connectivity index (χ4v) is 2.42. The van der Waals surface area contributed by atoms with Gasteiger partial charge in [0.2, 0.25) is 0 Å². The van der Waals surface area contributed by atoms with Crippen LogP contribution in [0.15, 0.2) is 48.5 Å². The molecule has 2 aromatic carbocycles. The smallest absolute Gasteiger partial charge is 0.123 e. The van der Waals surface area contributed by atoms with Crippen molar-refractivity contribution >= 4 is 0 Å². The molecule has 0 amide bonds. The molecule has 0 saturated heterocycles. The van der Waals surface area contributed by atoms with Crippen molar-refractivity contribution in [2.75, 3.05) is 6.54 Å². The number of hydrogen-bond acceptors (Lipinski definition) is 1. The van der Waals surface area contributed by atoms with Gasteiger partial charge in [-0.05, 0) is 54.1 Å². The summed E-state index contributed by atoms with van der Waals surface area (Å²) >= 11 is 0. The van der Waals surface area contributed by atoms with Crippen molar-refractivity contribution < 1.29 is 4.39 Å². The van der Waals surface area contributed by atoms with Gasteiger partial charge in [-0.15, -0.1) is 0 Å². The van der Waals surface area contributed by atoms with Crippen molar-refractivity contribution in [3.05, 3.63) is 71.0 Å². The zero-order valence-corrected chi connectivity index (χ0v) is 12.9. The first-order valence-electron chi connectivity index (χ1n) is 7.66. The van der Waals surface area contributed by atoms with E-state index in [0.717, 1.165) is 31.5 Å². The molecule has 0 unspecified atom stereocenters. The summed E-state index contributed by atoms with van der Waals surface area (Å²) in [5, 5.41) is 3.41. The molecule has 0 aliphatic rings. The third-order valence-corrected chi connectivity index (χ3v) is 3.48. The third kappa shape index (κ3) is 5.68. The summed E-state index contributed by atoms with van der Waals surface area (Å²) in [7, 11) is 0. The Kier molecular flexibility index (Phi) is 5.94. The first kappa shape index (κ1) is 15.7.